The summed E-state index contributed by atoms with van der Waals surface area (Å²) < 4.78 is 27.7. The number of piperazine rings is 1. The maximum absolute atomic E-state index is 14.0. The molecule has 0 aromatic carbocycles. The first-order chi connectivity index (χ1) is 12.5. The highest BCUT2D eigenvalue weighted by atomic mass is 19.1. The van der Waals surface area contributed by atoms with Crippen LogP contribution in [0.3, 0.4) is 0 Å². The van der Waals surface area contributed by atoms with E-state index < -0.39 is 23.8 Å². The number of alkyl halides is 1. The van der Waals surface area contributed by atoms with E-state index in [-0.39, 0.29) is 23.2 Å². The van der Waals surface area contributed by atoms with E-state index in [2.05, 4.69) is 15.0 Å². The average molecular weight is 361 g/mol. The molecule has 0 spiro atoms. The molecule has 2 fully saturated rings. The second kappa shape index (κ2) is 6.54. The molecule has 1 atom stereocenters. The molecule has 2 amide bonds. The van der Waals surface area contributed by atoms with E-state index in [1.165, 1.54) is 17.2 Å². The van der Waals surface area contributed by atoms with E-state index >= 15 is 0 Å². The molecule has 4 rings (SSSR count). The molecule has 2 aliphatic heterocycles. The number of carbonyl (C=O) groups is 2. The van der Waals surface area contributed by atoms with Crippen molar-refractivity contribution in [2.75, 3.05) is 26.2 Å². The number of carbonyl (C=O) groups excluding carboxylic acids is 2. The molecule has 0 N–H and O–H groups in total. The van der Waals surface area contributed by atoms with Crippen molar-refractivity contribution in [3.05, 3.63) is 29.8 Å². The van der Waals surface area contributed by atoms with Crippen LogP contribution in [0.1, 0.15) is 23.2 Å². The summed E-state index contributed by atoms with van der Waals surface area (Å²) in [7, 11) is 0. The van der Waals surface area contributed by atoms with Crippen molar-refractivity contribution >= 4 is 23.5 Å². The van der Waals surface area contributed by atoms with E-state index in [9.17, 15) is 18.4 Å². The number of pyridine rings is 1. The van der Waals surface area contributed by atoms with Crippen LogP contribution in [-0.4, -0.2) is 70.6 Å². The van der Waals surface area contributed by atoms with Crippen LogP contribution in [0.15, 0.2) is 28.4 Å². The van der Waals surface area contributed by atoms with Gasteiger partial charge in [-0.3, -0.25) is 14.6 Å². The second-order valence-corrected chi connectivity index (χ2v) is 6.56. The molecule has 1 aliphatic carbocycles. The first-order valence-electron chi connectivity index (χ1n) is 8.53. The predicted octanol–water partition coefficient (Wildman–Crippen LogP) is 1.06. The van der Waals surface area contributed by atoms with Gasteiger partial charge in [-0.05, 0) is 18.9 Å². The minimum atomic E-state index is -1.73. The van der Waals surface area contributed by atoms with Gasteiger partial charge in [0.2, 0.25) is 12.1 Å². The van der Waals surface area contributed by atoms with E-state index in [4.69, 9.17) is 0 Å². The number of amides is 2. The van der Waals surface area contributed by atoms with Crippen molar-refractivity contribution in [1.82, 2.24) is 14.8 Å². The Morgan fingerprint density at radius 2 is 1.88 bits per heavy atom. The third-order valence-corrected chi connectivity index (χ3v) is 4.76. The minimum absolute atomic E-state index is 0.0204. The molecule has 1 unspecified atom stereocenters. The van der Waals surface area contributed by atoms with Crippen LogP contribution in [0.25, 0.3) is 0 Å². The van der Waals surface area contributed by atoms with Crippen LogP contribution in [0.2, 0.25) is 0 Å². The maximum Gasteiger partial charge on any atom is 0.289 e. The number of nitrogens with zero attached hydrogens (tertiary/aromatic N) is 5. The minimum Gasteiger partial charge on any atom is -0.337 e. The van der Waals surface area contributed by atoms with Crippen molar-refractivity contribution in [2.24, 2.45) is 15.9 Å². The van der Waals surface area contributed by atoms with Gasteiger partial charge in [-0.15, -0.1) is 0 Å². The summed E-state index contributed by atoms with van der Waals surface area (Å²) in [6.45, 7) is 1.45. The number of aliphatic imine (C=N–C) groups is 2. The fraction of sp³-hybridized carbons (Fsp3) is 0.471. The Morgan fingerprint density at radius 3 is 2.54 bits per heavy atom. The lowest BCUT2D eigenvalue weighted by atomic mass is 10.1. The zero-order valence-corrected chi connectivity index (χ0v) is 13.9. The third-order valence-electron chi connectivity index (χ3n) is 4.76. The van der Waals surface area contributed by atoms with Crippen molar-refractivity contribution in [3.8, 4) is 0 Å². The molecule has 7 nitrogen and oxygen atoms in total. The van der Waals surface area contributed by atoms with E-state index in [1.807, 2.05) is 0 Å². The summed E-state index contributed by atoms with van der Waals surface area (Å²) in [6.07, 6.45) is 2.34. The number of aromatic nitrogens is 1. The zero-order valence-electron chi connectivity index (χ0n) is 13.9. The SMILES string of the molecule is O=C1N=C(N2CCN(C(=O)c3ccncc3F)CC2)N=C(C2CC2)C1F. The van der Waals surface area contributed by atoms with Crippen LogP contribution < -0.4 is 0 Å². The number of guanidine groups is 1. The summed E-state index contributed by atoms with van der Waals surface area (Å²) >= 11 is 0. The highest BCUT2D eigenvalue weighted by Crippen LogP contribution is 2.34. The molecule has 1 saturated heterocycles. The number of rotatable bonds is 2. The number of halogens is 2. The molecule has 0 radical (unpaired) electrons. The van der Waals surface area contributed by atoms with Crippen LogP contribution in [-0.2, 0) is 4.79 Å². The Morgan fingerprint density at radius 1 is 1.15 bits per heavy atom. The molecule has 0 bridgehead atoms. The van der Waals surface area contributed by atoms with Gasteiger partial charge in [0.05, 0.1) is 17.5 Å². The standard InChI is InChI=1S/C17H17F2N5O2/c18-12-9-20-4-3-11(12)16(26)23-5-7-24(8-6-23)17-21-14(10-1-2-10)13(19)15(25)22-17/h3-4,9-10,13H,1-2,5-8H2. The van der Waals surface area contributed by atoms with Gasteiger partial charge in [0.25, 0.3) is 11.8 Å². The predicted molar refractivity (Wildman–Crippen MR) is 89.2 cm³/mol. The zero-order chi connectivity index (χ0) is 18.3. The van der Waals surface area contributed by atoms with E-state index in [0.29, 0.717) is 26.2 Å². The van der Waals surface area contributed by atoms with Crippen LogP contribution in [0.4, 0.5) is 8.78 Å². The Bertz CT molecular complexity index is 813. The quantitative estimate of drug-likeness (QED) is 0.789. The van der Waals surface area contributed by atoms with E-state index in [0.717, 1.165) is 19.0 Å². The fourth-order valence-corrected chi connectivity index (χ4v) is 3.13. The maximum atomic E-state index is 14.0. The normalized spacial score (nSPS) is 23.6. The van der Waals surface area contributed by atoms with Gasteiger partial charge in [-0.1, -0.05) is 0 Å². The van der Waals surface area contributed by atoms with Crippen LogP contribution >= 0.6 is 0 Å². The molecule has 136 valence electrons. The highest BCUT2D eigenvalue weighted by molar-refractivity contribution is 6.18. The number of hydrogen-bond acceptors (Lipinski definition) is 5. The van der Waals surface area contributed by atoms with Crippen molar-refractivity contribution in [3.63, 3.8) is 0 Å². The van der Waals surface area contributed by atoms with Gasteiger partial charge in [0.15, 0.2) is 5.82 Å². The summed E-state index contributed by atoms with van der Waals surface area (Å²) in [5.41, 5.74) is 0.255. The summed E-state index contributed by atoms with van der Waals surface area (Å²) in [5, 5.41) is 0. The lowest BCUT2D eigenvalue weighted by Gasteiger charge is -2.36. The van der Waals surface area contributed by atoms with Gasteiger partial charge in [-0.25, -0.2) is 13.8 Å². The monoisotopic (exact) mass is 361 g/mol. The Kier molecular flexibility index (Phi) is 4.21. The Labute approximate surface area is 148 Å². The summed E-state index contributed by atoms with van der Waals surface area (Å²) in [6, 6.07) is 1.35. The second-order valence-electron chi connectivity index (χ2n) is 6.56. The first-order valence-corrected chi connectivity index (χ1v) is 8.53. The molecule has 26 heavy (non-hydrogen) atoms. The van der Waals surface area contributed by atoms with Crippen LogP contribution in [0, 0.1) is 11.7 Å². The molecule has 9 heteroatoms. The van der Waals surface area contributed by atoms with Gasteiger partial charge >= 0.3 is 0 Å². The van der Waals surface area contributed by atoms with Crippen molar-refractivity contribution in [2.45, 2.75) is 19.0 Å². The van der Waals surface area contributed by atoms with Gasteiger partial charge < -0.3 is 9.80 Å². The summed E-state index contributed by atoms with van der Waals surface area (Å²) in [4.78, 5) is 39.2. The first kappa shape index (κ1) is 16.7. The highest BCUT2D eigenvalue weighted by Gasteiger charge is 2.40. The van der Waals surface area contributed by atoms with Gasteiger partial charge in [-0.2, -0.15) is 4.99 Å². The molecular weight excluding hydrogens is 344 g/mol. The van der Waals surface area contributed by atoms with Gasteiger partial charge in [0.1, 0.15) is 0 Å². The molecule has 1 saturated carbocycles. The average Bonchev–Trinajstić information content (AvgIpc) is 3.49. The topological polar surface area (TPSA) is 78.2 Å². The molecular formula is C17H17F2N5O2. The largest absolute Gasteiger partial charge is 0.337 e. The lowest BCUT2D eigenvalue weighted by molar-refractivity contribution is -0.120. The lowest BCUT2D eigenvalue weighted by Crippen LogP contribution is -2.51. The number of hydrogen-bond donors (Lipinski definition) is 0. The fourth-order valence-electron chi connectivity index (χ4n) is 3.13. The molecule has 1 aromatic heterocycles. The van der Waals surface area contributed by atoms with E-state index in [1.54, 1.807) is 4.90 Å². The molecule has 3 heterocycles. The third kappa shape index (κ3) is 3.09. The van der Waals surface area contributed by atoms with Gasteiger partial charge in [0, 0.05) is 38.3 Å². The molecule has 1 aromatic rings. The van der Waals surface area contributed by atoms with Crippen molar-refractivity contribution in [1.29, 1.82) is 0 Å². The summed E-state index contributed by atoms with van der Waals surface area (Å²) in [5.74, 6) is -1.62. The van der Waals surface area contributed by atoms with Crippen molar-refractivity contribution < 1.29 is 18.4 Å². The van der Waals surface area contributed by atoms with Crippen LogP contribution in [0.5, 0.6) is 0 Å². The smallest absolute Gasteiger partial charge is 0.289 e. The Balaban J connectivity index is 1.44. The Hall–Kier alpha value is -2.71. The molecule has 3 aliphatic rings.